The van der Waals surface area contributed by atoms with Crippen molar-refractivity contribution in [2.75, 3.05) is 6.54 Å². The van der Waals surface area contributed by atoms with E-state index in [1.54, 1.807) is 0 Å². The smallest absolute Gasteiger partial charge is 0.0610 e. The van der Waals surface area contributed by atoms with Gasteiger partial charge < -0.3 is 5.32 Å². The van der Waals surface area contributed by atoms with Crippen LogP contribution in [0.25, 0.3) is 0 Å². The van der Waals surface area contributed by atoms with Gasteiger partial charge in [0.05, 0.1) is 12.2 Å². The van der Waals surface area contributed by atoms with Crippen molar-refractivity contribution in [1.29, 1.82) is 0 Å². The zero-order valence-corrected chi connectivity index (χ0v) is 11.4. The fourth-order valence-electron chi connectivity index (χ4n) is 2.22. The number of hydrogen-bond donors (Lipinski definition) is 1. The van der Waals surface area contributed by atoms with Crippen LogP contribution in [0.3, 0.4) is 0 Å². The molecule has 1 unspecified atom stereocenters. The highest BCUT2D eigenvalue weighted by atomic mass is 15.3. The topological polar surface area (TPSA) is 29.9 Å². The molecule has 3 heteroatoms. The Morgan fingerprint density at radius 2 is 2.06 bits per heavy atom. The second-order valence-corrected chi connectivity index (χ2v) is 4.48. The van der Waals surface area contributed by atoms with Crippen molar-refractivity contribution in [2.45, 2.75) is 33.4 Å². The van der Waals surface area contributed by atoms with E-state index in [4.69, 9.17) is 0 Å². The Kier molecular flexibility index (Phi) is 4.15. The van der Waals surface area contributed by atoms with E-state index in [9.17, 15) is 0 Å². The molecule has 0 spiro atoms. The van der Waals surface area contributed by atoms with Crippen LogP contribution in [0, 0.1) is 6.92 Å². The first-order valence-electron chi connectivity index (χ1n) is 6.57. The molecular formula is C15H21N3. The first kappa shape index (κ1) is 12.8. The van der Waals surface area contributed by atoms with Crippen LogP contribution in [0.5, 0.6) is 0 Å². The highest BCUT2D eigenvalue weighted by Crippen LogP contribution is 2.24. The number of aromatic nitrogens is 2. The number of nitrogens with one attached hydrogen (secondary N) is 1. The van der Waals surface area contributed by atoms with E-state index in [2.05, 4.69) is 61.6 Å². The van der Waals surface area contributed by atoms with Gasteiger partial charge in [-0.05, 0) is 31.5 Å². The lowest BCUT2D eigenvalue weighted by atomic mass is 9.97. The van der Waals surface area contributed by atoms with Crippen LogP contribution in [0.1, 0.15) is 36.6 Å². The zero-order chi connectivity index (χ0) is 13.0. The van der Waals surface area contributed by atoms with Crippen LogP contribution in [-0.4, -0.2) is 16.3 Å². The maximum Gasteiger partial charge on any atom is 0.0610 e. The molecule has 0 saturated carbocycles. The third kappa shape index (κ3) is 2.62. The van der Waals surface area contributed by atoms with Gasteiger partial charge >= 0.3 is 0 Å². The molecule has 0 aliphatic carbocycles. The highest BCUT2D eigenvalue weighted by Gasteiger charge is 2.16. The van der Waals surface area contributed by atoms with Crippen LogP contribution in [0.2, 0.25) is 0 Å². The van der Waals surface area contributed by atoms with Gasteiger partial charge in [-0.1, -0.05) is 31.2 Å². The molecule has 3 nitrogen and oxygen atoms in total. The Hall–Kier alpha value is -1.61. The van der Waals surface area contributed by atoms with Gasteiger partial charge in [0, 0.05) is 18.3 Å². The highest BCUT2D eigenvalue weighted by molar-refractivity contribution is 5.35. The Labute approximate surface area is 109 Å². The summed E-state index contributed by atoms with van der Waals surface area (Å²) in [5.41, 5.74) is 3.87. The van der Waals surface area contributed by atoms with Crippen LogP contribution < -0.4 is 5.32 Å². The molecule has 0 saturated heterocycles. The Balaban J connectivity index is 2.36. The first-order valence-corrected chi connectivity index (χ1v) is 6.57. The van der Waals surface area contributed by atoms with Crippen molar-refractivity contribution in [3.63, 3.8) is 0 Å². The molecule has 1 atom stereocenters. The lowest BCUT2D eigenvalue weighted by Gasteiger charge is -2.19. The summed E-state index contributed by atoms with van der Waals surface area (Å²) in [5.74, 6) is 0. The predicted octanol–water partition coefficient (Wildman–Crippen LogP) is 2.91. The molecule has 2 rings (SSSR count). The summed E-state index contributed by atoms with van der Waals surface area (Å²) in [4.78, 5) is 0. The fourth-order valence-corrected chi connectivity index (χ4v) is 2.22. The van der Waals surface area contributed by atoms with E-state index < -0.39 is 0 Å². The number of benzene rings is 1. The van der Waals surface area contributed by atoms with Crippen molar-refractivity contribution in [1.82, 2.24) is 15.1 Å². The Morgan fingerprint density at radius 3 is 2.67 bits per heavy atom. The van der Waals surface area contributed by atoms with Gasteiger partial charge in [0.2, 0.25) is 0 Å². The second kappa shape index (κ2) is 5.83. The Bertz CT molecular complexity index is 502. The van der Waals surface area contributed by atoms with Crippen LogP contribution >= 0.6 is 0 Å². The quantitative estimate of drug-likeness (QED) is 0.875. The van der Waals surface area contributed by atoms with Gasteiger partial charge in [-0.25, -0.2) is 0 Å². The van der Waals surface area contributed by atoms with Crippen LogP contribution in [-0.2, 0) is 6.54 Å². The van der Waals surface area contributed by atoms with Gasteiger partial charge in [0.1, 0.15) is 0 Å². The monoisotopic (exact) mass is 243 g/mol. The average Bonchev–Trinajstić information content (AvgIpc) is 2.85. The molecule has 1 heterocycles. The summed E-state index contributed by atoms with van der Waals surface area (Å²) < 4.78 is 1.97. The number of nitrogens with zero attached hydrogens (tertiary/aromatic N) is 2. The first-order chi connectivity index (χ1) is 8.76. The van der Waals surface area contributed by atoms with E-state index in [1.165, 1.54) is 16.7 Å². The van der Waals surface area contributed by atoms with Gasteiger partial charge in [-0.15, -0.1) is 0 Å². The standard InChI is InChI=1S/C15H21N3/c1-4-16-15(13-10-17-18(5-2)11-13)14-9-7-6-8-12(14)3/h6-11,15-16H,4-5H2,1-3H3. The molecule has 2 aromatic rings. The van der Waals surface area contributed by atoms with E-state index in [0.29, 0.717) is 0 Å². The van der Waals surface area contributed by atoms with E-state index in [-0.39, 0.29) is 6.04 Å². The Morgan fingerprint density at radius 1 is 1.28 bits per heavy atom. The maximum atomic E-state index is 4.37. The van der Waals surface area contributed by atoms with Crippen LogP contribution in [0.15, 0.2) is 36.7 Å². The van der Waals surface area contributed by atoms with E-state index in [0.717, 1.165) is 13.1 Å². The van der Waals surface area contributed by atoms with Crippen molar-refractivity contribution in [3.05, 3.63) is 53.3 Å². The lowest BCUT2D eigenvalue weighted by molar-refractivity contribution is 0.623. The molecule has 1 aromatic carbocycles. The molecule has 1 N–H and O–H groups in total. The third-order valence-electron chi connectivity index (χ3n) is 3.22. The molecule has 96 valence electrons. The predicted molar refractivity (Wildman–Crippen MR) is 74.6 cm³/mol. The lowest BCUT2D eigenvalue weighted by Crippen LogP contribution is -2.22. The molecule has 0 aliphatic heterocycles. The van der Waals surface area contributed by atoms with Crippen molar-refractivity contribution < 1.29 is 0 Å². The molecule has 0 bridgehead atoms. The van der Waals surface area contributed by atoms with Crippen LogP contribution in [0.4, 0.5) is 0 Å². The summed E-state index contributed by atoms with van der Waals surface area (Å²) in [5, 5.41) is 7.91. The van der Waals surface area contributed by atoms with Gasteiger partial charge in [0.25, 0.3) is 0 Å². The summed E-state index contributed by atoms with van der Waals surface area (Å²) in [6, 6.07) is 8.75. The average molecular weight is 243 g/mol. The molecule has 0 amide bonds. The summed E-state index contributed by atoms with van der Waals surface area (Å²) >= 11 is 0. The maximum absolute atomic E-state index is 4.37. The van der Waals surface area contributed by atoms with Gasteiger partial charge in [-0.2, -0.15) is 5.10 Å². The van der Waals surface area contributed by atoms with Gasteiger partial charge in [-0.3, -0.25) is 4.68 Å². The zero-order valence-electron chi connectivity index (χ0n) is 11.4. The minimum atomic E-state index is 0.233. The summed E-state index contributed by atoms with van der Waals surface area (Å²) in [7, 11) is 0. The van der Waals surface area contributed by atoms with Crippen molar-refractivity contribution in [2.24, 2.45) is 0 Å². The molecule has 0 aliphatic rings. The third-order valence-corrected chi connectivity index (χ3v) is 3.22. The summed E-state index contributed by atoms with van der Waals surface area (Å²) in [6.45, 7) is 8.25. The number of aryl methyl sites for hydroxylation is 2. The largest absolute Gasteiger partial charge is 0.306 e. The van der Waals surface area contributed by atoms with Crippen molar-refractivity contribution in [3.8, 4) is 0 Å². The minimum Gasteiger partial charge on any atom is -0.306 e. The second-order valence-electron chi connectivity index (χ2n) is 4.48. The number of rotatable bonds is 5. The fraction of sp³-hybridized carbons (Fsp3) is 0.400. The molecule has 0 fully saturated rings. The van der Waals surface area contributed by atoms with Gasteiger partial charge in [0.15, 0.2) is 0 Å². The molecule has 1 aromatic heterocycles. The van der Waals surface area contributed by atoms with E-state index in [1.807, 2.05) is 10.9 Å². The normalized spacial score (nSPS) is 12.6. The SMILES string of the molecule is CCNC(c1cnn(CC)c1)c1ccccc1C. The number of hydrogen-bond acceptors (Lipinski definition) is 2. The van der Waals surface area contributed by atoms with E-state index >= 15 is 0 Å². The summed E-state index contributed by atoms with van der Waals surface area (Å²) in [6.07, 6.45) is 4.09. The molecular weight excluding hydrogens is 222 g/mol. The molecule has 0 radical (unpaired) electrons. The molecule has 18 heavy (non-hydrogen) atoms. The van der Waals surface area contributed by atoms with Crippen molar-refractivity contribution >= 4 is 0 Å². The minimum absolute atomic E-state index is 0.233.